The van der Waals surface area contributed by atoms with Crippen LogP contribution in [0.3, 0.4) is 0 Å². The van der Waals surface area contributed by atoms with Crippen LogP contribution in [0.25, 0.3) is 5.65 Å². The first kappa shape index (κ1) is 7.53. The minimum Gasteiger partial charge on any atom is -0.545 e. The maximum absolute atomic E-state index is 10.6. The van der Waals surface area contributed by atoms with Crippen LogP contribution in [0.4, 0.5) is 5.82 Å². The van der Waals surface area contributed by atoms with Crippen LogP contribution in [0.2, 0.25) is 0 Å². The Kier molecular flexibility index (Phi) is 1.42. The fraction of sp³-hybridized carbons (Fsp3) is 0. The molecule has 0 aliphatic rings. The highest BCUT2D eigenvalue weighted by atomic mass is 16.4. The lowest BCUT2D eigenvalue weighted by Crippen LogP contribution is -2.23. The van der Waals surface area contributed by atoms with Gasteiger partial charge in [-0.1, -0.05) is 0 Å². The molecule has 0 fully saturated rings. The van der Waals surface area contributed by atoms with Crippen LogP contribution in [0.5, 0.6) is 0 Å². The van der Waals surface area contributed by atoms with Gasteiger partial charge in [0.1, 0.15) is 0 Å². The van der Waals surface area contributed by atoms with Crippen molar-refractivity contribution in [3.05, 3.63) is 24.0 Å². The van der Waals surface area contributed by atoms with Crippen LogP contribution < -0.4 is 10.8 Å². The third-order valence-corrected chi connectivity index (χ3v) is 1.63. The van der Waals surface area contributed by atoms with Gasteiger partial charge in [-0.25, -0.2) is 9.50 Å². The van der Waals surface area contributed by atoms with Crippen LogP contribution in [-0.4, -0.2) is 20.6 Å². The number of hydrogen-bond donors (Lipinski definition) is 1. The van der Waals surface area contributed by atoms with Gasteiger partial charge >= 0.3 is 0 Å². The number of fused-ring (bicyclic) bond motifs is 1. The number of carboxylic acids is 1. The first-order valence-electron chi connectivity index (χ1n) is 3.50. The normalized spacial score (nSPS) is 10.5. The van der Waals surface area contributed by atoms with E-state index in [0.29, 0.717) is 0 Å². The van der Waals surface area contributed by atoms with E-state index >= 15 is 0 Å². The molecular weight excluding hydrogens is 172 g/mol. The molecule has 6 nitrogen and oxygen atoms in total. The molecule has 0 spiro atoms. The average molecular weight is 177 g/mol. The van der Waals surface area contributed by atoms with Crippen LogP contribution in [-0.2, 0) is 0 Å². The molecule has 0 saturated carbocycles. The molecule has 0 saturated heterocycles. The Hall–Kier alpha value is -2.11. The molecule has 6 heteroatoms. The summed E-state index contributed by atoms with van der Waals surface area (Å²) in [6.07, 6.45) is 3.02. The summed E-state index contributed by atoms with van der Waals surface area (Å²) in [5, 5.41) is 14.4. The molecular formula is C7H5N4O2-. The molecule has 0 amide bonds. The molecule has 0 bridgehead atoms. The Balaban J connectivity index is 2.86. The van der Waals surface area contributed by atoms with E-state index in [4.69, 9.17) is 5.73 Å². The maximum atomic E-state index is 10.6. The molecule has 13 heavy (non-hydrogen) atoms. The molecule has 2 N–H and O–H groups in total. The quantitative estimate of drug-likeness (QED) is 0.582. The van der Waals surface area contributed by atoms with Gasteiger partial charge in [0.25, 0.3) is 0 Å². The minimum absolute atomic E-state index is 0.0845. The van der Waals surface area contributed by atoms with Gasteiger partial charge in [-0.2, -0.15) is 0 Å². The monoisotopic (exact) mass is 177 g/mol. The summed E-state index contributed by atoms with van der Waals surface area (Å²) >= 11 is 0. The number of carbonyl (C=O) groups is 1. The molecule has 0 aliphatic carbocycles. The number of rotatable bonds is 1. The summed E-state index contributed by atoms with van der Waals surface area (Å²) in [4.78, 5) is 14.4. The molecule has 2 aromatic rings. The SMILES string of the molecule is Nc1nn2cccnc2c1C(=O)[O-]. The molecule has 0 aliphatic heterocycles. The lowest BCUT2D eigenvalue weighted by atomic mass is 10.3. The number of aromatic nitrogens is 3. The van der Waals surface area contributed by atoms with E-state index in [1.807, 2.05) is 0 Å². The van der Waals surface area contributed by atoms with Crippen molar-refractivity contribution in [3.8, 4) is 0 Å². The molecule has 0 aromatic carbocycles. The van der Waals surface area contributed by atoms with Gasteiger partial charge < -0.3 is 15.6 Å². The van der Waals surface area contributed by atoms with Crippen molar-refractivity contribution in [2.45, 2.75) is 0 Å². The van der Waals surface area contributed by atoms with Crippen LogP contribution in [0, 0.1) is 0 Å². The van der Waals surface area contributed by atoms with E-state index < -0.39 is 5.97 Å². The van der Waals surface area contributed by atoms with Gasteiger partial charge in [0, 0.05) is 12.4 Å². The number of nitrogens with two attached hydrogens (primary N) is 1. The summed E-state index contributed by atoms with van der Waals surface area (Å²) in [6.45, 7) is 0. The van der Waals surface area contributed by atoms with Crippen LogP contribution in [0.1, 0.15) is 10.4 Å². The second-order valence-electron chi connectivity index (χ2n) is 2.44. The highest BCUT2D eigenvalue weighted by Crippen LogP contribution is 2.13. The maximum Gasteiger partial charge on any atom is 0.166 e. The smallest absolute Gasteiger partial charge is 0.166 e. The molecule has 0 atom stereocenters. The summed E-state index contributed by atoms with van der Waals surface area (Å²) in [6, 6.07) is 1.62. The number of nitrogens with zero attached hydrogens (tertiary/aromatic N) is 3. The first-order valence-corrected chi connectivity index (χ1v) is 3.50. The number of anilines is 1. The predicted octanol–water partition coefficient (Wildman–Crippen LogP) is -1.33. The molecule has 0 unspecified atom stereocenters. The summed E-state index contributed by atoms with van der Waals surface area (Å²) in [5.74, 6) is -1.45. The van der Waals surface area contributed by atoms with Gasteiger partial charge in [0.05, 0.1) is 11.5 Å². The second kappa shape index (κ2) is 2.44. The van der Waals surface area contributed by atoms with Crippen LogP contribution >= 0.6 is 0 Å². The standard InChI is InChI=1S/C7H6N4O2/c8-5-4(7(12)13)6-9-2-1-3-11(6)10-5/h1-3H,(H2,8,10)(H,12,13)/p-1. The topological polar surface area (TPSA) is 96.3 Å². The number of hydrogen-bond acceptors (Lipinski definition) is 5. The number of nitrogen functional groups attached to an aromatic ring is 1. The van der Waals surface area contributed by atoms with Crippen molar-refractivity contribution < 1.29 is 9.90 Å². The average Bonchev–Trinajstić information content (AvgIpc) is 2.39. The predicted molar refractivity (Wildman–Crippen MR) is 41.7 cm³/mol. The summed E-state index contributed by atoms with van der Waals surface area (Å²) < 4.78 is 1.29. The highest BCUT2D eigenvalue weighted by molar-refractivity contribution is 5.97. The minimum atomic E-state index is -1.37. The zero-order valence-electron chi connectivity index (χ0n) is 6.47. The van der Waals surface area contributed by atoms with Gasteiger partial charge in [0.15, 0.2) is 11.5 Å². The molecule has 2 aromatic heterocycles. The molecule has 2 rings (SSSR count). The van der Waals surface area contributed by atoms with E-state index in [2.05, 4.69) is 10.1 Å². The van der Waals surface area contributed by atoms with E-state index in [1.54, 1.807) is 12.3 Å². The fourth-order valence-electron chi connectivity index (χ4n) is 1.10. The lowest BCUT2D eigenvalue weighted by molar-refractivity contribution is -0.254. The van der Waals surface area contributed by atoms with Crippen molar-refractivity contribution in [2.75, 3.05) is 5.73 Å². The van der Waals surface area contributed by atoms with E-state index in [9.17, 15) is 9.90 Å². The number of carbonyl (C=O) groups excluding carboxylic acids is 1. The highest BCUT2D eigenvalue weighted by Gasteiger charge is 2.10. The summed E-state index contributed by atoms with van der Waals surface area (Å²) in [7, 11) is 0. The van der Waals surface area contributed by atoms with Crippen molar-refractivity contribution in [2.24, 2.45) is 0 Å². The van der Waals surface area contributed by atoms with Crippen molar-refractivity contribution in [1.29, 1.82) is 0 Å². The van der Waals surface area contributed by atoms with Crippen molar-refractivity contribution in [3.63, 3.8) is 0 Å². The van der Waals surface area contributed by atoms with Crippen molar-refractivity contribution >= 4 is 17.4 Å². The Labute approximate surface area is 72.6 Å². The van der Waals surface area contributed by atoms with Gasteiger partial charge in [-0.15, -0.1) is 5.10 Å². The van der Waals surface area contributed by atoms with Crippen LogP contribution in [0.15, 0.2) is 18.5 Å². The Morgan fingerprint density at radius 1 is 1.62 bits per heavy atom. The zero-order chi connectivity index (χ0) is 9.42. The molecule has 2 heterocycles. The Bertz CT molecular complexity index is 476. The first-order chi connectivity index (χ1) is 6.20. The number of aromatic carboxylic acids is 1. The zero-order valence-corrected chi connectivity index (χ0v) is 6.47. The number of carboxylic acid groups (broad SMARTS) is 1. The Morgan fingerprint density at radius 3 is 3.08 bits per heavy atom. The van der Waals surface area contributed by atoms with E-state index in [0.717, 1.165) is 0 Å². The van der Waals surface area contributed by atoms with E-state index in [1.165, 1.54) is 10.7 Å². The van der Waals surface area contributed by atoms with Gasteiger partial charge in [-0.05, 0) is 6.07 Å². The third-order valence-electron chi connectivity index (χ3n) is 1.63. The van der Waals surface area contributed by atoms with Crippen molar-refractivity contribution in [1.82, 2.24) is 14.6 Å². The largest absolute Gasteiger partial charge is 0.545 e. The second-order valence-corrected chi connectivity index (χ2v) is 2.44. The third kappa shape index (κ3) is 0.994. The Morgan fingerprint density at radius 2 is 2.38 bits per heavy atom. The van der Waals surface area contributed by atoms with E-state index in [-0.39, 0.29) is 17.0 Å². The summed E-state index contributed by atoms with van der Waals surface area (Å²) in [5.41, 5.74) is 5.39. The fourth-order valence-corrected chi connectivity index (χ4v) is 1.10. The van der Waals surface area contributed by atoms with Gasteiger partial charge in [-0.3, -0.25) is 0 Å². The van der Waals surface area contributed by atoms with Gasteiger partial charge in [0.2, 0.25) is 0 Å². The lowest BCUT2D eigenvalue weighted by Gasteiger charge is -1.97. The molecule has 0 radical (unpaired) electrons. The molecule has 66 valence electrons.